The van der Waals surface area contributed by atoms with Gasteiger partial charge in [0.05, 0.1) is 7.11 Å². The van der Waals surface area contributed by atoms with Crippen molar-refractivity contribution >= 4 is 21.9 Å². The van der Waals surface area contributed by atoms with E-state index >= 15 is 0 Å². The molecule has 0 amide bonds. The van der Waals surface area contributed by atoms with Gasteiger partial charge in [0.2, 0.25) is 0 Å². The van der Waals surface area contributed by atoms with Gasteiger partial charge in [0.1, 0.15) is 6.10 Å². The molecule has 0 aliphatic carbocycles. The van der Waals surface area contributed by atoms with Gasteiger partial charge in [-0.1, -0.05) is 15.9 Å². The van der Waals surface area contributed by atoms with Crippen LogP contribution in [0.1, 0.15) is 6.92 Å². The van der Waals surface area contributed by atoms with Gasteiger partial charge < -0.3 is 9.47 Å². The van der Waals surface area contributed by atoms with Crippen LogP contribution in [0.25, 0.3) is 0 Å². The first-order valence-corrected chi connectivity index (χ1v) is 5.80. The fraction of sp³-hybridized carbons (Fsp3) is 0.250. The van der Waals surface area contributed by atoms with Gasteiger partial charge in [0, 0.05) is 10.5 Å². The van der Waals surface area contributed by atoms with Crippen LogP contribution < -0.4 is 4.74 Å². The number of ether oxygens (including phenoxy) is 2. The molecule has 0 radical (unpaired) electrons. The van der Waals surface area contributed by atoms with E-state index in [0.29, 0.717) is 0 Å². The summed E-state index contributed by atoms with van der Waals surface area (Å²) in [5, 5.41) is 0. The second kappa shape index (κ2) is 6.49. The summed E-state index contributed by atoms with van der Waals surface area (Å²) in [6.07, 6.45) is 1.79. The summed E-state index contributed by atoms with van der Waals surface area (Å²) >= 11 is 2.96. The first-order chi connectivity index (χ1) is 8.43. The highest BCUT2D eigenvalue weighted by atomic mass is 79.9. The minimum atomic E-state index is -0.819. The SMILES string of the molecule is COC(=O)/C=C\[C@@H](C)Oc1c(F)cc(Br)cc1F. The molecule has 0 unspecified atom stereocenters. The summed E-state index contributed by atoms with van der Waals surface area (Å²) in [5.74, 6) is -2.69. The molecule has 0 saturated carbocycles. The van der Waals surface area contributed by atoms with E-state index in [-0.39, 0.29) is 4.47 Å². The van der Waals surface area contributed by atoms with Crippen LogP contribution in [-0.4, -0.2) is 19.2 Å². The molecule has 6 heteroatoms. The predicted molar refractivity (Wildman–Crippen MR) is 65.3 cm³/mol. The molecule has 0 aliphatic rings. The van der Waals surface area contributed by atoms with Crippen LogP contribution in [0.3, 0.4) is 0 Å². The molecule has 1 atom stereocenters. The maximum absolute atomic E-state index is 13.4. The molecule has 0 aromatic heterocycles. The van der Waals surface area contributed by atoms with E-state index in [1.165, 1.54) is 13.2 Å². The molecule has 0 fully saturated rings. The van der Waals surface area contributed by atoms with Crippen LogP contribution in [0, 0.1) is 11.6 Å². The highest BCUT2D eigenvalue weighted by Gasteiger charge is 2.14. The minimum Gasteiger partial charge on any atom is -0.481 e. The molecule has 1 aromatic carbocycles. The predicted octanol–water partition coefficient (Wildman–Crippen LogP) is 3.22. The van der Waals surface area contributed by atoms with Crippen molar-refractivity contribution in [3.05, 3.63) is 40.4 Å². The number of rotatable bonds is 4. The van der Waals surface area contributed by atoms with E-state index in [1.54, 1.807) is 6.92 Å². The molecule has 0 aliphatic heterocycles. The Hall–Kier alpha value is -1.43. The summed E-state index contributed by atoms with van der Waals surface area (Å²) in [6.45, 7) is 1.54. The van der Waals surface area contributed by atoms with Gasteiger partial charge in [-0.05, 0) is 25.1 Å². The molecule has 0 saturated heterocycles. The van der Waals surface area contributed by atoms with E-state index < -0.39 is 29.5 Å². The lowest BCUT2D eigenvalue weighted by Gasteiger charge is -2.12. The molecule has 0 N–H and O–H groups in total. The average Bonchev–Trinajstić information content (AvgIpc) is 2.30. The Morgan fingerprint density at radius 2 is 1.94 bits per heavy atom. The molecule has 0 bridgehead atoms. The third-order valence-electron chi connectivity index (χ3n) is 1.97. The van der Waals surface area contributed by atoms with Crippen molar-refractivity contribution in [2.45, 2.75) is 13.0 Å². The lowest BCUT2D eigenvalue weighted by molar-refractivity contribution is -0.134. The van der Waals surface area contributed by atoms with Crippen molar-refractivity contribution < 1.29 is 23.0 Å². The lowest BCUT2D eigenvalue weighted by Crippen LogP contribution is -2.11. The Kier molecular flexibility index (Phi) is 5.27. The Labute approximate surface area is 112 Å². The first kappa shape index (κ1) is 14.6. The van der Waals surface area contributed by atoms with Crippen LogP contribution in [0.15, 0.2) is 28.8 Å². The maximum Gasteiger partial charge on any atom is 0.330 e. The van der Waals surface area contributed by atoms with Gasteiger partial charge in [0.15, 0.2) is 17.4 Å². The van der Waals surface area contributed by atoms with Crippen molar-refractivity contribution in [2.75, 3.05) is 7.11 Å². The molecule has 98 valence electrons. The number of hydrogen-bond donors (Lipinski definition) is 0. The van der Waals surface area contributed by atoms with E-state index in [0.717, 1.165) is 18.2 Å². The Balaban J connectivity index is 2.79. The molecule has 1 rings (SSSR count). The Bertz CT molecular complexity index is 451. The normalized spacial score (nSPS) is 12.5. The average molecular weight is 321 g/mol. The highest BCUT2D eigenvalue weighted by Crippen LogP contribution is 2.26. The molecule has 0 spiro atoms. The zero-order valence-electron chi connectivity index (χ0n) is 9.75. The number of methoxy groups -OCH3 is 1. The Morgan fingerprint density at radius 1 is 1.39 bits per heavy atom. The molecule has 18 heavy (non-hydrogen) atoms. The lowest BCUT2D eigenvalue weighted by atomic mass is 10.3. The van der Waals surface area contributed by atoms with Gasteiger partial charge >= 0.3 is 5.97 Å². The molecular weight excluding hydrogens is 310 g/mol. The zero-order valence-corrected chi connectivity index (χ0v) is 11.3. The standard InChI is InChI=1S/C12H11BrF2O3/c1-7(3-4-11(16)17-2)18-12-9(14)5-8(13)6-10(12)15/h3-7H,1-2H3/b4-3-/t7-/m1/s1. The molecular formula is C12H11BrF2O3. The van der Waals surface area contributed by atoms with Gasteiger partial charge in [-0.2, -0.15) is 0 Å². The molecule has 1 aromatic rings. The van der Waals surface area contributed by atoms with Gasteiger partial charge in [-0.3, -0.25) is 0 Å². The summed E-state index contributed by atoms with van der Waals surface area (Å²) in [5.41, 5.74) is 0. The Morgan fingerprint density at radius 3 is 2.44 bits per heavy atom. The second-order valence-corrected chi connectivity index (χ2v) is 4.32. The van der Waals surface area contributed by atoms with E-state index in [9.17, 15) is 13.6 Å². The van der Waals surface area contributed by atoms with Crippen molar-refractivity contribution in [1.82, 2.24) is 0 Å². The van der Waals surface area contributed by atoms with Gasteiger partial charge in [-0.25, -0.2) is 13.6 Å². The quantitative estimate of drug-likeness (QED) is 0.631. The smallest absolute Gasteiger partial charge is 0.330 e. The van der Waals surface area contributed by atoms with Crippen molar-refractivity contribution in [3.8, 4) is 5.75 Å². The first-order valence-electron chi connectivity index (χ1n) is 5.01. The monoisotopic (exact) mass is 320 g/mol. The van der Waals surface area contributed by atoms with E-state index in [4.69, 9.17) is 4.74 Å². The van der Waals surface area contributed by atoms with Gasteiger partial charge in [-0.15, -0.1) is 0 Å². The number of hydrogen-bond acceptors (Lipinski definition) is 3. The fourth-order valence-electron chi connectivity index (χ4n) is 1.15. The number of esters is 1. The van der Waals surface area contributed by atoms with Crippen LogP contribution in [0.2, 0.25) is 0 Å². The van der Waals surface area contributed by atoms with Crippen molar-refractivity contribution in [3.63, 3.8) is 0 Å². The topological polar surface area (TPSA) is 35.5 Å². The van der Waals surface area contributed by atoms with Crippen LogP contribution in [-0.2, 0) is 9.53 Å². The number of halogens is 3. The third kappa shape index (κ3) is 4.10. The maximum atomic E-state index is 13.4. The number of benzene rings is 1. The van der Waals surface area contributed by atoms with Crippen LogP contribution in [0.4, 0.5) is 8.78 Å². The molecule has 0 heterocycles. The van der Waals surface area contributed by atoms with E-state index in [2.05, 4.69) is 20.7 Å². The van der Waals surface area contributed by atoms with Crippen LogP contribution in [0.5, 0.6) is 5.75 Å². The van der Waals surface area contributed by atoms with Gasteiger partial charge in [0.25, 0.3) is 0 Å². The minimum absolute atomic E-state index is 0.280. The summed E-state index contributed by atoms with van der Waals surface area (Å²) in [6, 6.07) is 2.18. The number of carbonyl (C=O) groups excluding carboxylic acids is 1. The zero-order chi connectivity index (χ0) is 13.7. The highest BCUT2D eigenvalue weighted by molar-refractivity contribution is 9.10. The summed E-state index contributed by atoms with van der Waals surface area (Å²) in [7, 11) is 1.23. The van der Waals surface area contributed by atoms with Crippen molar-refractivity contribution in [2.24, 2.45) is 0 Å². The van der Waals surface area contributed by atoms with E-state index in [1.807, 2.05) is 0 Å². The second-order valence-electron chi connectivity index (χ2n) is 3.40. The fourth-order valence-corrected chi connectivity index (χ4v) is 1.55. The third-order valence-corrected chi connectivity index (χ3v) is 2.43. The number of carbonyl (C=O) groups is 1. The largest absolute Gasteiger partial charge is 0.481 e. The van der Waals surface area contributed by atoms with Crippen LogP contribution >= 0.6 is 15.9 Å². The molecule has 3 nitrogen and oxygen atoms in total. The summed E-state index contributed by atoms with van der Waals surface area (Å²) < 4.78 is 36.6. The summed E-state index contributed by atoms with van der Waals surface area (Å²) in [4.78, 5) is 10.8. The van der Waals surface area contributed by atoms with Crippen molar-refractivity contribution in [1.29, 1.82) is 0 Å².